The minimum atomic E-state index is -0.175. The first-order valence-electron chi connectivity index (χ1n) is 7.63. The molecule has 4 unspecified atom stereocenters. The van der Waals surface area contributed by atoms with Gasteiger partial charge in [-0.15, -0.1) is 0 Å². The maximum atomic E-state index is 13.0. The summed E-state index contributed by atoms with van der Waals surface area (Å²) < 4.78 is 18.9. The summed E-state index contributed by atoms with van der Waals surface area (Å²) in [6.45, 7) is 7.63. The van der Waals surface area contributed by atoms with Gasteiger partial charge < -0.3 is 10.1 Å². The summed E-state index contributed by atoms with van der Waals surface area (Å²) in [7, 11) is 0. The van der Waals surface area contributed by atoms with Crippen LogP contribution >= 0.6 is 0 Å². The van der Waals surface area contributed by atoms with Crippen LogP contribution in [0, 0.1) is 17.2 Å². The van der Waals surface area contributed by atoms with Crippen LogP contribution < -0.4 is 5.32 Å². The first-order valence-corrected chi connectivity index (χ1v) is 7.63. The molecule has 1 aromatic carbocycles. The van der Waals surface area contributed by atoms with Crippen LogP contribution in [0.2, 0.25) is 0 Å². The Hall–Kier alpha value is -0.930. The summed E-state index contributed by atoms with van der Waals surface area (Å²) in [6.07, 6.45) is 2.82. The molecule has 2 nitrogen and oxygen atoms in total. The average molecular weight is 277 g/mol. The Morgan fingerprint density at radius 2 is 2.00 bits per heavy atom. The Labute approximate surface area is 120 Å². The molecular weight excluding hydrogens is 253 g/mol. The number of hydrogen-bond donors (Lipinski definition) is 1. The molecule has 0 aromatic heterocycles. The summed E-state index contributed by atoms with van der Waals surface area (Å²) in [5.74, 6) is 0.451. The van der Waals surface area contributed by atoms with Crippen molar-refractivity contribution < 1.29 is 9.13 Å². The molecule has 1 aliphatic carbocycles. The van der Waals surface area contributed by atoms with Gasteiger partial charge in [0.1, 0.15) is 5.82 Å². The van der Waals surface area contributed by atoms with Crippen LogP contribution in [-0.4, -0.2) is 18.8 Å². The zero-order chi connectivity index (χ0) is 14.3. The SMILES string of the molecule is CC(NC1C2CCCOC2C1(C)C)c1ccc(F)cc1. The number of rotatable bonds is 3. The van der Waals surface area contributed by atoms with Gasteiger partial charge >= 0.3 is 0 Å². The quantitative estimate of drug-likeness (QED) is 0.910. The van der Waals surface area contributed by atoms with Crippen molar-refractivity contribution in [2.75, 3.05) is 6.61 Å². The standard InChI is InChI=1S/C17H24FNO/c1-11(12-6-8-13(18)9-7-12)19-15-14-5-4-10-20-16(14)17(15,2)3/h6-9,11,14-16,19H,4-5,10H2,1-3H3. The van der Waals surface area contributed by atoms with Crippen molar-refractivity contribution >= 4 is 0 Å². The van der Waals surface area contributed by atoms with Gasteiger partial charge in [-0.2, -0.15) is 0 Å². The van der Waals surface area contributed by atoms with Crippen molar-refractivity contribution in [2.45, 2.75) is 51.8 Å². The van der Waals surface area contributed by atoms with Gasteiger partial charge in [0.05, 0.1) is 6.10 Å². The monoisotopic (exact) mass is 277 g/mol. The summed E-state index contributed by atoms with van der Waals surface area (Å²) >= 11 is 0. The fourth-order valence-electron chi connectivity index (χ4n) is 3.98. The molecule has 0 radical (unpaired) electrons. The maximum absolute atomic E-state index is 13.0. The second-order valence-electron chi connectivity index (χ2n) is 6.84. The molecule has 1 saturated carbocycles. The summed E-state index contributed by atoms with van der Waals surface area (Å²) in [5.41, 5.74) is 1.32. The number of fused-ring (bicyclic) bond motifs is 1. The highest BCUT2D eigenvalue weighted by atomic mass is 19.1. The van der Waals surface area contributed by atoms with E-state index in [1.54, 1.807) is 0 Å². The number of hydrogen-bond acceptors (Lipinski definition) is 2. The number of ether oxygens (including phenoxy) is 1. The minimum Gasteiger partial charge on any atom is -0.377 e. The van der Waals surface area contributed by atoms with Crippen LogP contribution in [-0.2, 0) is 4.74 Å². The van der Waals surface area contributed by atoms with Crippen LogP contribution in [0.4, 0.5) is 4.39 Å². The predicted octanol–water partition coefficient (Wildman–Crippen LogP) is 3.68. The molecule has 1 N–H and O–H groups in total. The van der Waals surface area contributed by atoms with Gasteiger partial charge in [0.25, 0.3) is 0 Å². The van der Waals surface area contributed by atoms with Gasteiger partial charge in [-0.25, -0.2) is 4.39 Å². The molecule has 0 spiro atoms. The first-order chi connectivity index (χ1) is 9.50. The second-order valence-corrected chi connectivity index (χ2v) is 6.84. The van der Waals surface area contributed by atoms with Gasteiger partial charge in [-0.05, 0) is 37.5 Å². The first kappa shape index (κ1) is 14.0. The van der Waals surface area contributed by atoms with Crippen molar-refractivity contribution in [2.24, 2.45) is 11.3 Å². The Bertz CT molecular complexity index is 470. The van der Waals surface area contributed by atoms with E-state index in [9.17, 15) is 4.39 Å². The molecular formula is C17H24FNO. The Balaban J connectivity index is 1.69. The van der Waals surface area contributed by atoms with Crippen LogP contribution in [0.25, 0.3) is 0 Å². The Morgan fingerprint density at radius 3 is 2.70 bits per heavy atom. The molecule has 3 rings (SSSR count). The van der Waals surface area contributed by atoms with E-state index >= 15 is 0 Å². The molecule has 20 heavy (non-hydrogen) atoms. The lowest BCUT2D eigenvalue weighted by Gasteiger charge is -2.60. The summed E-state index contributed by atoms with van der Waals surface area (Å²) in [5, 5.41) is 3.74. The lowest BCUT2D eigenvalue weighted by Crippen LogP contribution is -2.69. The van der Waals surface area contributed by atoms with Crippen LogP contribution in [0.3, 0.4) is 0 Å². The van der Waals surface area contributed by atoms with E-state index in [2.05, 4.69) is 26.1 Å². The van der Waals surface area contributed by atoms with E-state index in [4.69, 9.17) is 4.74 Å². The van der Waals surface area contributed by atoms with Crippen molar-refractivity contribution in [3.05, 3.63) is 35.6 Å². The smallest absolute Gasteiger partial charge is 0.123 e. The van der Waals surface area contributed by atoms with Gasteiger partial charge in [0.2, 0.25) is 0 Å². The highest BCUT2D eigenvalue weighted by molar-refractivity contribution is 5.21. The zero-order valence-corrected chi connectivity index (χ0v) is 12.5. The van der Waals surface area contributed by atoms with E-state index in [1.165, 1.54) is 25.0 Å². The fourth-order valence-corrected chi connectivity index (χ4v) is 3.98. The van der Waals surface area contributed by atoms with Crippen molar-refractivity contribution in [3.63, 3.8) is 0 Å². The third-order valence-electron chi connectivity index (χ3n) is 5.13. The molecule has 2 fully saturated rings. The third kappa shape index (κ3) is 2.27. The minimum absolute atomic E-state index is 0.175. The summed E-state index contributed by atoms with van der Waals surface area (Å²) in [4.78, 5) is 0. The normalized spacial score (nSPS) is 33.1. The topological polar surface area (TPSA) is 21.3 Å². The van der Waals surface area contributed by atoms with E-state index in [0.717, 1.165) is 12.2 Å². The molecule has 110 valence electrons. The van der Waals surface area contributed by atoms with E-state index in [1.807, 2.05) is 12.1 Å². The molecule has 1 aliphatic heterocycles. The van der Waals surface area contributed by atoms with Crippen molar-refractivity contribution in [1.29, 1.82) is 0 Å². The highest BCUT2D eigenvalue weighted by Gasteiger charge is 2.57. The largest absolute Gasteiger partial charge is 0.377 e. The molecule has 4 atom stereocenters. The van der Waals surface area contributed by atoms with Crippen LogP contribution in [0.15, 0.2) is 24.3 Å². The van der Waals surface area contributed by atoms with Crippen molar-refractivity contribution in [3.8, 4) is 0 Å². The lowest BCUT2D eigenvalue weighted by molar-refractivity contribution is -0.194. The number of nitrogens with one attached hydrogen (secondary N) is 1. The van der Waals surface area contributed by atoms with Crippen molar-refractivity contribution in [1.82, 2.24) is 5.32 Å². The molecule has 1 heterocycles. The second kappa shape index (κ2) is 5.12. The van der Waals surface area contributed by atoms with Gasteiger partial charge in [0, 0.05) is 30.0 Å². The van der Waals surface area contributed by atoms with Crippen LogP contribution in [0.1, 0.15) is 45.2 Å². The van der Waals surface area contributed by atoms with E-state index in [0.29, 0.717) is 18.1 Å². The number of halogens is 1. The van der Waals surface area contributed by atoms with E-state index in [-0.39, 0.29) is 17.3 Å². The third-order valence-corrected chi connectivity index (χ3v) is 5.13. The average Bonchev–Trinajstić information content (AvgIpc) is 2.45. The Morgan fingerprint density at radius 1 is 1.30 bits per heavy atom. The fraction of sp³-hybridized carbons (Fsp3) is 0.647. The lowest BCUT2D eigenvalue weighted by atomic mass is 9.55. The zero-order valence-electron chi connectivity index (χ0n) is 12.5. The van der Waals surface area contributed by atoms with Gasteiger partial charge in [-0.3, -0.25) is 0 Å². The number of benzene rings is 1. The molecule has 0 amide bonds. The molecule has 1 saturated heterocycles. The Kier molecular flexibility index (Phi) is 3.59. The maximum Gasteiger partial charge on any atom is 0.123 e. The van der Waals surface area contributed by atoms with Gasteiger partial charge in [0.15, 0.2) is 0 Å². The van der Waals surface area contributed by atoms with Gasteiger partial charge in [-0.1, -0.05) is 26.0 Å². The van der Waals surface area contributed by atoms with Crippen LogP contribution in [0.5, 0.6) is 0 Å². The molecule has 3 heteroatoms. The molecule has 1 aromatic rings. The molecule has 2 aliphatic rings. The molecule has 0 bridgehead atoms. The van der Waals surface area contributed by atoms with E-state index < -0.39 is 0 Å². The predicted molar refractivity (Wildman–Crippen MR) is 78.0 cm³/mol. The summed E-state index contributed by atoms with van der Waals surface area (Å²) in [6, 6.07) is 7.52. The highest BCUT2D eigenvalue weighted by Crippen LogP contribution is 2.51.